The molecule has 2 unspecified atom stereocenters. The Balaban J connectivity index is 1.93. The third-order valence-electron chi connectivity index (χ3n) is 3.27. The quantitative estimate of drug-likeness (QED) is 0.851. The van der Waals surface area contributed by atoms with Crippen LogP contribution in [0.25, 0.3) is 0 Å². The standard InChI is InChI=1S/C13H21NO2/c1-10(15)8-12-4-3-7-14(12)9-13-6-5-11(2)16-13/h5-6,10,12,15H,3-4,7-9H2,1-2H3. The summed E-state index contributed by atoms with van der Waals surface area (Å²) >= 11 is 0. The summed E-state index contributed by atoms with van der Waals surface area (Å²) in [6.45, 7) is 5.84. The first-order valence-electron chi connectivity index (χ1n) is 6.12. The number of likely N-dealkylation sites (tertiary alicyclic amines) is 1. The van der Waals surface area contributed by atoms with Crippen molar-refractivity contribution in [2.24, 2.45) is 0 Å². The Bertz CT molecular complexity index is 332. The summed E-state index contributed by atoms with van der Waals surface area (Å²) in [6, 6.07) is 4.58. The molecule has 1 aliphatic rings. The van der Waals surface area contributed by atoms with E-state index in [9.17, 15) is 5.11 Å². The molecule has 2 rings (SSSR count). The Labute approximate surface area is 97.1 Å². The largest absolute Gasteiger partial charge is 0.465 e. The number of aryl methyl sites for hydroxylation is 1. The van der Waals surface area contributed by atoms with E-state index in [4.69, 9.17) is 4.42 Å². The lowest BCUT2D eigenvalue weighted by Gasteiger charge is -2.24. The van der Waals surface area contributed by atoms with Crippen LogP contribution in [0.4, 0.5) is 0 Å². The van der Waals surface area contributed by atoms with Crippen molar-refractivity contribution in [3.05, 3.63) is 23.7 Å². The van der Waals surface area contributed by atoms with Crippen molar-refractivity contribution in [1.29, 1.82) is 0 Å². The predicted molar refractivity (Wildman–Crippen MR) is 63.2 cm³/mol. The SMILES string of the molecule is Cc1ccc(CN2CCCC2CC(C)O)o1. The topological polar surface area (TPSA) is 36.6 Å². The fourth-order valence-electron chi connectivity index (χ4n) is 2.53. The number of aliphatic hydroxyl groups is 1. The minimum atomic E-state index is -0.205. The lowest BCUT2D eigenvalue weighted by molar-refractivity contribution is 0.126. The number of hydrogen-bond acceptors (Lipinski definition) is 3. The highest BCUT2D eigenvalue weighted by Gasteiger charge is 2.26. The Morgan fingerprint density at radius 1 is 1.56 bits per heavy atom. The van der Waals surface area contributed by atoms with E-state index in [0.29, 0.717) is 6.04 Å². The van der Waals surface area contributed by atoms with Crippen LogP contribution in [0.5, 0.6) is 0 Å². The zero-order valence-corrected chi connectivity index (χ0v) is 10.1. The van der Waals surface area contributed by atoms with Crippen LogP contribution in [-0.4, -0.2) is 28.7 Å². The number of aliphatic hydroxyl groups excluding tert-OH is 1. The Kier molecular flexibility index (Phi) is 3.66. The van der Waals surface area contributed by atoms with Crippen LogP contribution in [0.15, 0.2) is 16.5 Å². The van der Waals surface area contributed by atoms with Crippen LogP contribution in [0.3, 0.4) is 0 Å². The maximum atomic E-state index is 9.45. The van der Waals surface area contributed by atoms with Gasteiger partial charge in [-0.25, -0.2) is 0 Å². The molecule has 1 aliphatic heterocycles. The lowest BCUT2D eigenvalue weighted by atomic mass is 10.1. The Morgan fingerprint density at radius 3 is 3.00 bits per heavy atom. The molecule has 90 valence electrons. The Morgan fingerprint density at radius 2 is 2.38 bits per heavy atom. The lowest BCUT2D eigenvalue weighted by Crippen LogP contribution is -2.31. The molecule has 0 aliphatic carbocycles. The van der Waals surface area contributed by atoms with Crippen LogP contribution >= 0.6 is 0 Å². The van der Waals surface area contributed by atoms with Gasteiger partial charge in [0.15, 0.2) is 0 Å². The molecule has 3 heteroatoms. The molecular weight excluding hydrogens is 202 g/mol. The first-order chi connectivity index (χ1) is 7.65. The van der Waals surface area contributed by atoms with Crippen LogP contribution in [0.1, 0.15) is 37.7 Å². The van der Waals surface area contributed by atoms with Crippen LogP contribution in [0, 0.1) is 6.92 Å². The van der Waals surface area contributed by atoms with E-state index in [-0.39, 0.29) is 6.10 Å². The molecule has 0 bridgehead atoms. The second-order valence-electron chi connectivity index (χ2n) is 4.86. The fraction of sp³-hybridized carbons (Fsp3) is 0.692. The van der Waals surface area contributed by atoms with Crippen molar-refractivity contribution in [1.82, 2.24) is 4.90 Å². The van der Waals surface area contributed by atoms with E-state index in [2.05, 4.69) is 4.90 Å². The summed E-state index contributed by atoms with van der Waals surface area (Å²) in [5.74, 6) is 2.01. The zero-order chi connectivity index (χ0) is 11.5. The van der Waals surface area contributed by atoms with Gasteiger partial charge in [0.25, 0.3) is 0 Å². The molecule has 0 radical (unpaired) electrons. The van der Waals surface area contributed by atoms with Crippen LogP contribution < -0.4 is 0 Å². The van der Waals surface area contributed by atoms with E-state index in [0.717, 1.165) is 31.0 Å². The molecule has 1 aromatic heterocycles. The third kappa shape index (κ3) is 2.86. The summed E-state index contributed by atoms with van der Waals surface area (Å²) in [4.78, 5) is 2.42. The van der Waals surface area contributed by atoms with E-state index >= 15 is 0 Å². The van der Waals surface area contributed by atoms with Gasteiger partial charge in [-0.1, -0.05) is 0 Å². The van der Waals surface area contributed by atoms with Gasteiger partial charge < -0.3 is 9.52 Å². The number of hydrogen-bond donors (Lipinski definition) is 1. The molecule has 1 aromatic rings. The minimum absolute atomic E-state index is 0.205. The highest BCUT2D eigenvalue weighted by atomic mass is 16.3. The molecule has 16 heavy (non-hydrogen) atoms. The van der Waals surface area contributed by atoms with Crippen molar-refractivity contribution < 1.29 is 9.52 Å². The fourth-order valence-corrected chi connectivity index (χ4v) is 2.53. The summed E-state index contributed by atoms with van der Waals surface area (Å²) in [5.41, 5.74) is 0. The monoisotopic (exact) mass is 223 g/mol. The molecule has 2 heterocycles. The smallest absolute Gasteiger partial charge is 0.118 e. The molecule has 0 spiro atoms. The first kappa shape index (κ1) is 11.7. The summed E-state index contributed by atoms with van der Waals surface area (Å²) in [7, 11) is 0. The molecule has 0 saturated carbocycles. The highest BCUT2D eigenvalue weighted by Crippen LogP contribution is 2.24. The van der Waals surface area contributed by atoms with Crippen molar-refractivity contribution in [3.8, 4) is 0 Å². The van der Waals surface area contributed by atoms with Crippen molar-refractivity contribution in [3.63, 3.8) is 0 Å². The molecule has 2 atom stereocenters. The normalized spacial score (nSPS) is 23.8. The van der Waals surface area contributed by atoms with E-state index in [1.54, 1.807) is 0 Å². The van der Waals surface area contributed by atoms with Gasteiger partial charge in [0.2, 0.25) is 0 Å². The first-order valence-corrected chi connectivity index (χ1v) is 6.12. The Hall–Kier alpha value is -0.800. The van der Waals surface area contributed by atoms with Gasteiger partial charge in [0.1, 0.15) is 11.5 Å². The molecule has 0 aromatic carbocycles. The van der Waals surface area contributed by atoms with Gasteiger partial charge >= 0.3 is 0 Å². The molecule has 3 nitrogen and oxygen atoms in total. The molecule has 1 fully saturated rings. The zero-order valence-electron chi connectivity index (χ0n) is 10.1. The molecule has 0 amide bonds. The molecule has 1 N–H and O–H groups in total. The minimum Gasteiger partial charge on any atom is -0.465 e. The number of furan rings is 1. The van der Waals surface area contributed by atoms with Crippen LogP contribution in [0.2, 0.25) is 0 Å². The van der Waals surface area contributed by atoms with Crippen LogP contribution in [-0.2, 0) is 6.54 Å². The second kappa shape index (κ2) is 5.02. The molecular formula is C13H21NO2. The van der Waals surface area contributed by atoms with Gasteiger partial charge in [-0.05, 0) is 51.8 Å². The van der Waals surface area contributed by atoms with Gasteiger partial charge in [0.05, 0.1) is 12.6 Å². The van der Waals surface area contributed by atoms with Gasteiger partial charge in [-0.15, -0.1) is 0 Å². The van der Waals surface area contributed by atoms with E-state index < -0.39 is 0 Å². The third-order valence-corrected chi connectivity index (χ3v) is 3.27. The molecule has 1 saturated heterocycles. The summed E-state index contributed by atoms with van der Waals surface area (Å²) < 4.78 is 5.59. The summed E-state index contributed by atoms with van der Waals surface area (Å²) in [5, 5.41) is 9.45. The maximum Gasteiger partial charge on any atom is 0.118 e. The number of nitrogens with zero attached hydrogens (tertiary/aromatic N) is 1. The van der Waals surface area contributed by atoms with Gasteiger partial charge in [-0.3, -0.25) is 4.90 Å². The highest BCUT2D eigenvalue weighted by molar-refractivity contribution is 5.06. The van der Waals surface area contributed by atoms with Crippen molar-refractivity contribution in [2.45, 2.75) is 51.8 Å². The van der Waals surface area contributed by atoms with Gasteiger partial charge in [-0.2, -0.15) is 0 Å². The van der Waals surface area contributed by atoms with E-state index in [1.165, 1.54) is 12.8 Å². The average molecular weight is 223 g/mol. The number of rotatable bonds is 4. The van der Waals surface area contributed by atoms with Crippen molar-refractivity contribution in [2.75, 3.05) is 6.54 Å². The van der Waals surface area contributed by atoms with E-state index in [1.807, 2.05) is 26.0 Å². The predicted octanol–water partition coefficient (Wildman–Crippen LogP) is 2.32. The second-order valence-corrected chi connectivity index (χ2v) is 4.86. The van der Waals surface area contributed by atoms with Crippen molar-refractivity contribution >= 4 is 0 Å². The maximum absolute atomic E-state index is 9.45. The van der Waals surface area contributed by atoms with Gasteiger partial charge in [0, 0.05) is 6.04 Å². The average Bonchev–Trinajstić information content (AvgIpc) is 2.77. The summed E-state index contributed by atoms with van der Waals surface area (Å²) in [6.07, 6.45) is 3.10.